The van der Waals surface area contributed by atoms with Crippen molar-refractivity contribution in [1.29, 1.82) is 0 Å². The molecule has 1 fully saturated rings. The van der Waals surface area contributed by atoms with E-state index in [-0.39, 0.29) is 6.61 Å². The largest absolute Gasteiger partial charge is 0.395 e. The summed E-state index contributed by atoms with van der Waals surface area (Å²) in [7, 11) is 0. The highest BCUT2D eigenvalue weighted by atomic mass is 16.3. The van der Waals surface area contributed by atoms with Gasteiger partial charge in [0.2, 0.25) is 0 Å². The molecule has 1 saturated carbocycles. The third-order valence-corrected chi connectivity index (χ3v) is 2.49. The van der Waals surface area contributed by atoms with Crippen LogP contribution in [-0.4, -0.2) is 24.8 Å². The van der Waals surface area contributed by atoms with Gasteiger partial charge in [0, 0.05) is 6.54 Å². The maximum atomic E-state index is 8.47. The number of nitrogens with one attached hydrogen (secondary N) is 1. The monoisotopic (exact) mass is 143 g/mol. The van der Waals surface area contributed by atoms with E-state index in [9.17, 15) is 0 Å². The summed E-state index contributed by atoms with van der Waals surface area (Å²) in [4.78, 5) is 0. The maximum absolute atomic E-state index is 8.47. The van der Waals surface area contributed by atoms with Crippen LogP contribution in [0.25, 0.3) is 0 Å². The lowest BCUT2D eigenvalue weighted by Gasteiger charge is -2.33. The standard InChI is InChI=1S/C8H17NO/c1-7-2-3-8(7)6-9-4-5-10/h7-10H,2-6H2,1H3. The van der Waals surface area contributed by atoms with Crippen LogP contribution in [-0.2, 0) is 0 Å². The van der Waals surface area contributed by atoms with Crippen molar-refractivity contribution < 1.29 is 5.11 Å². The summed E-state index contributed by atoms with van der Waals surface area (Å²) in [5.41, 5.74) is 0. The van der Waals surface area contributed by atoms with Gasteiger partial charge >= 0.3 is 0 Å². The van der Waals surface area contributed by atoms with E-state index >= 15 is 0 Å². The summed E-state index contributed by atoms with van der Waals surface area (Å²) in [6.45, 7) is 4.42. The Morgan fingerprint density at radius 3 is 2.70 bits per heavy atom. The molecule has 0 aromatic heterocycles. The van der Waals surface area contributed by atoms with E-state index in [1.807, 2.05) is 0 Å². The molecule has 1 aliphatic carbocycles. The number of aliphatic hydroxyl groups is 1. The van der Waals surface area contributed by atoms with Crippen LogP contribution in [0.2, 0.25) is 0 Å². The summed E-state index contributed by atoms with van der Waals surface area (Å²) in [6.07, 6.45) is 2.77. The molecule has 2 unspecified atom stereocenters. The molecule has 2 N–H and O–H groups in total. The highest BCUT2D eigenvalue weighted by molar-refractivity contribution is 4.78. The zero-order valence-electron chi connectivity index (χ0n) is 6.64. The summed E-state index contributed by atoms with van der Waals surface area (Å²) >= 11 is 0. The van der Waals surface area contributed by atoms with E-state index in [0.717, 1.165) is 24.9 Å². The Hall–Kier alpha value is -0.0800. The van der Waals surface area contributed by atoms with Crippen molar-refractivity contribution in [3.05, 3.63) is 0 Å². The lowest BCUT2D eigenvalue weighted by Crippen LogP contribution is -2.34. The van der Waals surface area contributed by atoms with Gasteiger partial charge in [-0.1, -0.05) is 13.3 Å². The molecule has 0 heterocycles. The Morgan fingerprint density at radius 2 is 2.30 bits per heavy atom. The first kappa shape index (κ1) is 8.02. The van der Waals surface area contributed by atoms with Gasteiger partial charge < -0.3 is 10.4 Å². The second kappa shape index (κ2) is 3.94. The van der Waals surface area contributed by atoms with Gasteiger partial charge in [0.15, 0.2) is 0 Å². The Bertz CT molecular complexity index is 95.3. The van der Waals surface area contributed by atoms with Gasteiger partial charge in [0.1, 0.15) is 0 Å². The fourth-order valence-corrected chi connectivity index (χ4v) is 1.41. The number of aliphatic hydroxyl groups excluding tert-OH is 1. The minimum absolute atomic E-state index is 0.265. The van der Waals surface area contributed by atoms with Crippen molar-refractivity contribution >= 4 is 0 Å². The molecule has 60 valence electrons. The smallest absolute Gasteiger partial charge is 0.0555 e. The number of hydrogen-bond acceptors (Lipinski definition) is 2. The molecule has 10 heavy (non-hydrogen) atoms. The van der Waals surface area contributed by atoms with Gasteiger partial charge in [-0.15, -0.1) is 0 Å². The molecule has 2 atom stereocenters. The third-order valence-electron chi connectivity index (χ3n) is 2.49. The Morgan fingerprint density at radius 1 is 1.50 bits per heavy atom. The Labute approximate surface area is 62.6 Å². The van der Waals surface area contributed by atoms with Crippen LogP contribution in [0, 0.1) is 11.8 Å². The van der Waals surface area contributed by atoms with E-state index in [0.29, 0.717) is 0 Å². The predicted octanol–water partition coefficient (Wildman–Crippen LogP) is 0.614. The third kappa shape index (κ3) is 1.96. The van der Waals surface area contributed by atoms with Crippen LogP contribution >= 0.6 is 0 Å². The van der Waals surface area contributed by atoms with Gasteiger partial charge in [0.25, 0.3) is 0 Å². The number of rotatable bonds is 4. The molecule has 2 heteroatoms. The van der Waals surface area contributed by atoms with E-state index in [1.54, 1.807) is 0 Å². The van der Waals surface area contributed by atoms with Crippen LogP contribution < -0.4 is 5.32 Å². The molecule has 0 aromatic rings. The molecule has 1 rings (SSSR count). The molecular formula is C8H17NO. The molecule has 0 aliphatic heterocycles. The summed E-state index contributed by atoms with van der Waals surface area (Å²) < 4.78 is 0. The second-order valence-electron chi connectivity index (χ2n) is 3.24. The summed E-state index contributed by atoms with van der Waals surface area (Å²) in [5.74, 6) is 1.79. The molecule has 1 aliphatic rings. The fraction of sp³-hybridized carbons (Fsp3) is 1.00. The minimum atomic E-state index is 0.265. The first-order valence-corrected chi connectivity index (χ1v) is 4.16. The first-order valence-electron chi connectivity index (χ1n) is 4.16. The minimum Gasteiger partial charge on any atom is -0.395 e. The lowest BCUT2D eigenvalue weighted by atomic mass is 9.75. The Balaban J connectivity index is 1.92. The van der Waals surface area contributed by atoms with Crippen LogP contribution in [0.15, 0.2) is 0 Å². The summed E-state index contributed by atoms with van der Waals surface area (Å²) in [5, 5.41) is 11.7. The topological polar surface area (TPSA) is 32.3 Å². The zero-order valence-corrected chi connectivity index (χ0v) is 6.64. The fourth-order valence-electron chi connectivity index (χ4n) is 1.41. The first-order chi connectivity index (χ1) is 4.84. The molecular weight excluding hydrogens is 126 g/mol. The summed E-state index contributed by atoms with van der Waals surface area (Å²) in [6, 6.07) is 0. The zero-order chi connectivity index (χ0) is 7.40. The van der Waals surface area contributed by atoms with Crippen LogP contribution in [0.4, 0.5) is 0 Å². The lowest BCUT2D eigenvalue weighted by molar-refractivity contribution is 0.186. The molecule has 0 amide bonds. The predicted molar refractivity (Wildman–Crippen MR) is 41.8 cm³/mol. The maximum Gasteiger partial charge on any atom is 0.0555 e. The van der Waals surface area contributed by atoms with Crippen molar-refractivity contribution in [2.75, 3.05) is 19.7 Å². The van der Waals surface area contributed by atoms with Crippen LogP contribution in [0.5, 0.6) is 0 Å². The highest BCUT2D eigenvalue weighted by Gasteiger charge is 2.25. The molecule has 2 nitrogen and oxygen atoms in total. The second-order valence-corrected chi connectivity index (χ2v) is 3.24. The van der Waals surface area contributed by atoms with Gasteiger partial charge in [-0.05, 0) is 24.8 Å². The van der Waals surface area contributed by atoms with Crippen LogP contribution in [0.3, 0.4) is 0 Å². The quantitative estimate of drug-likeness (QED) is 0.565. The SMILES string of the molecule is CC1CCC1CNCCO. The molecule has 0 spiro atoms. The molecule has 0 radical (unpaired) electrons. The van der Waals surface area contributed by atoms with Crippen molar-refractivity contribution in [2.45, 2.75) is 19.8 Å². The number of hydrogen-bond donors (Lipinski definition) is 2. The molecule has 0 aromatic carbocycles. The van der Waals surface area contributed by atoms with Gasteiger partial charge in [-0.2, -0.15) is 0 Å². The van der Waals surface area contributed by atoms with Crippen molar-refractivity contribution in [3.8, 4) is 0 Å². The van der Waals surface area contributed by atoms with E-state index in [2.05, 4.69) is 12.2 Å². The van der Waals surface area contributed by atoms with Gasteiger partial charge in [0.05, 0.1) is 6.61 Å². The Kier molecular flexibility index (Phi) is 3.16. The molecule has 0 saturated heterocycles. The average molecular weight is 143 g/mol. The van der Waals surface area contributed by atoms with Gasteiger partial charge in [-0.25, -0.2) is 0 Å². The highest BCUT2D eigenvalue weighted by Crippen LogP contribution is 2.32. The van der Waals surface area contributed by atoms with Crippen molar-refractivity contribution in [2.24, 2.45) is 11.8 Å². The van der Waals surface area contributed by atoms with E-state index in [1.165, 1.54) is 12.8 Å². The normalized spacial score (nSPS) is 31.8. The van der Waals surface area contributed by atoms with E-state index < -0.39 is 0 Å². The van der Waals surface area contributed by atoms with Gasteiger partial charge in [-0.3, -0.25) is 0 Å². The van der Waals surface area contributed by atoms with Crippen LogP contribution in [0.1, 0.15) is 19.8 Å². The average Bonchev–Trinajstić information content (AvgIpc) is 1.95. The van der Waals surface area contributed by atoms with E-state index in [4.69, 9.17) is 5.11 Å². The molecule has 0 bridgehead atoms. The van der Waals surface area contributed by atoms with Crippen molar-refractivity contribution in [1.82, 2.24) is 5.32 Å². The van der Waals surface area contributed by atoms with Crippen molar-refractivity contribution in [3.63, 3.8) is 0 Å².